The summed E-state index contributed by atoms with van der Waals surface area (Å²) >= 11 is 0. The number of alkyl halides is 3. The first-order valence-corrected chi connectivity index (χ1v) is 21.0. The molecule has 0 unspecified atom stereocenters. The maximum Gasteiger partial charge on any atom is 0.534 e. The van der Waals surface area contributed by atoms with Gasteiger partial charge in [-0.05, 0) is 66.5 Å². The maximum absolute atomic E-state index is 12.6. The van der Waals surface area contributed by atoms with Crippen LogP contribution in [-0.2, 0) is 61.4 Å². The van der Waals surface area contributed by atoms with E-state index in [1.807, 2.05) is 6.07 Å². The molecule has 3 fully saturated rings. The molecule has 2 saturated heterocycles. The summed E-state index contributed by atoms with van der Waals surface area (Å²) in [6, 6.07) is 13.8. The summed E-state index contributed by atoms with van der Waals surface area (Å²) in [6.07, 6.45) is 5.98. The van der Waals surface area contributed by atoms with Crippen LogP contribution >= 0.6 is 0 Å². The standard InChI is InChI=1S/C22H26N2O4.C18H17F3N2O7S/c25-22-23-21(28-14-18-13-26-9-10-27-18)12-20-19-6-5-16(4-3-15-1-2-15)11-17(19)7-8-24(20)22;19-18(20,21)31(25,26)30-12-1-2-14-11(7-12)3-4-23-15(14)8-16(22-17(23)24)29-10-13-9-27-5-6-28-13/h5-6,11-12,15,18H,1-4,7-10,13-14H2;1-2,7-8,13H,3-6,9-10H2/t18-;13-/m11/s1. The summed E-state index contributed by atoms with van der Waals surface area (Å²) in [7, 11) is -5.78. The molecular weight excluding hydrogens is 802 g/mol. The molecule has 4 aromatic rings. The topological polar surface area (TPSA) is 169 Å². The number of aromatic nitrogens is 4. The second-order valence-electron chi connectivity index (χ2n) is 14.9. The van der Waals surface area contributed by atoms with E-state index in [9.17, 15) is 31.2 Å². The molecule has 316 valence electrons. The number of hydrogen-bond acceptors (Lipinski definition) is 13. The number of rotatable bonds is 11. The van der Waals surface area contributed by atoms with Gasteiger partial charge in [-0.25, -0.2) is 9.59 Å². The van der Waals surface area contributed by atoms with E-state index in [1.165, 1.54) is 53.2 Å². The van der Waals surface area contributed by atoms with Gasteiger partial charge in [0.1, 0.15) is 31.2 Å². The minimum absolute atomic E-state index is 0.0678. The van der Waals surface area contributed by atoms with E-state index in [2.05, 4.69) is 32.4 Å². The predicted octanol–water partition coefficient (Wildman–Crippen LogP) is 4.09. The van der Waals surface area contributed by atoms with Crippen molar-refractivity contribution in [2.24, 2.45) is 5.92 Å². The van der Waals surface area contributed by atoms with Crippen molar-refractivity contribution >= 4 is 10.1 Å². The van der Waals surface area contributed by atoms with Crippen molar-refractivity contribution < 1.29 is 54.2 Å². The largest absolute Gasteiger partial charge is 0.534 e. The van der Waals surface area contributed by atoms with Crippen molar-refractivity contribution in [2.45, 2.75) is 69.3 Å². The summed E-state index contributed by atoms with van der Waals surface area (Å²) in [6.45, 7) is 4.35. The van der Waals surface area contributed by atoms with Crippen LogP contribution in [0.5, 0.6) is 17.5 Å². The molecule has 0 bridgehead atoms. The first-order valence-electron chi connectivity index (χ1n) is 19.5. The van der Waals surface area contributed by atoms with Crippen LogP contribution in [0.3, 0.4) is 0 Å². The van der Waals surface area contributed by atoms with Crippen molar-refractivity contribution in [1.29, 1.82) is 0 Å². The van der Waals surface area contributed by atoms with E-state index in [0.29, 0.717) is 75.5 Å². The van der Waals surface area contributed by atoms with Gasteiger partial charge in [0.05, 0.1) is 51.0 Å². The third-order valence-corrected chi connectivity index (χ3v) is 11.6. The minimum atomic E-state index is -5.78. The Bertz CT molecular complexity index is 2390. The van der Waals surface area contributed by atoms with Crippen LogP contribution in [0.15, 0.2) is 58.1 Å². The smallest absolute Gasteiger partial charge is 0.475 e. The normalized spacial score (nSPS) is 19.8. The summed E-state index contributed by atoms with van der Waals surface area (Å²) < 4.78 is 101. The molecule has 6 heterocycles. The van der Waals surface area contributed by atoms with Crippen molar-refractivity contribution in [3.8, 4) is 40.0 Å². The zero-order valence-corrected chi connectivity index (χ0v) is 32.8. The number of fused-ring (bicyclic) bond motifs is 6. The van der Waals surface area contributed by atoms with Gasteiger partial charge in [-0.15, -0.1) is 0 Å². The van der Waals surface area contributed by atoms with Crippen LogP contribution in [-0.4, -0.2) is 98.1 Å². The van der Waals surface area contributed by atoms with Crippen molar-refractivity contribution in [1.82, 2.24) is 19.1 Å². The highest BCUT2D eigenvalue weighted by Gasteiger charge is 2.48. The monoisotopic (exact) mass is 844 g/mol. The lowest BCUT2D eigenvalue weighted by Gasteiger charge is -2.24. The van der Waals surface area contributed by atoms with Gasteiger partial charge in [0.2, 0.25) is 11.8 Å². The SMILES string of the molecule is O=c1nc(OC[C@H]2COCCO2)cc2n1CCc1cc(CCC3CC3)ccc1-2.O=c1nc(OC[C@H]2COCCO2)cc2n1CCc1cc(OS(=O)(=O)C(F)(F)F)ccc1-2. The molecule has 19 heteroatoms. The highest BCUT2D eigenvalue weighted by atomic mass is 32.2. The first kappa shape index (κ1) is 40.9. The summed E-state index contributed by atoms with van der Waals surface area (Å²) in [5, 5.41) is 0. The molecule has 59 heavy (non-hydrogen) atoms. The zero-order valence-electron chi connectivity index (χ0n) is 32.0. The second kappa shape index (κ2) is 17.4. The van der Waals surface area contributed by atoms with Gasteiger partial charge in [0, 0.05) is 36.3 Å². The molecule has 2 aromatic heterocycles. The summed E-state index contributed by atoms with van der Waals surface area (Å²) in [5.41, 5.74) is -0.101. The average Bonchev–Trinajstić information content (AvgIpc) is 4.06. The van der Waals surface area contributed by atoms with Crippen LogP contribution in [0.1, 0.15) is 36.0 Å². The number of nitrogens with zero attached hydrogens (tertiary/aromatic N) is 4. The van der Waals surface area contributed by atoms with Crippen molar-refractivity contribution in [3.63, 3.8) is 0 Å². The number of halogens is 3. The van der Waals surface area contributed by atoms with Gasteiger partial charge in [-0.3, -0.25) is 9.13 Å². The van der Waals surface area contributed by atoms with Crippen LogP contribution < -0.4 is 25.0 Å². The molecule has 1 aliphatic carbocycles. The fraction of sp³-hybridized carbons (Fsp3) is 0.500. The minimum Gasteiger partial charge on any atom is -0.475 e. The maximum atomic E-state index is 12.6. The van der Waals surface area contributed by atoms with Crippen LogP contribution in [0, 0.1) is 5.92 Å². The summed E-state index contributed by atoms with van der Waals surface area (Å²) in [5.74, 6) is 0.904. The van der Waals surface area contributed by atoms with E-state index < -0.39 is 27.1 Å². The highest BCUT2D eigenvalue weighted by molar-refractivity contribution is 7.88. The number of hydrogen-bond donors (Lipinski definition) is 0. The average molecular weight is 845 g/mol. The number of ether oxygens (including phenoxy) is 6. The predicted molar refractivity (Wildman–Crippen MR) is 204 cm³/mol. The molecule has 15 nitrogen and oxygen atoms in total. The van der Waals surface area contributed by atoms with Gasteiger partial charge in [-0.2, -0.15) is 31.6 Å². The van der Waals surface area contributed by atoms with E-state index >= 15 is 0 Å². The molecule has 0 spiro atoms. The quantitative estimate of drug-likeness (QED) is 0.157. The van der Waals surface area contributed by atoms with Crippen molar-refractivity contribution in [2.75, 3.05) is 52.9 Å². The molecule has 0 N–H and O–H groups in total. The molecule has 1 saturated carbocycles. The third kappa shape index (κ3) is 9.81. The van der Waals surface area contributed by atoms with Gasteiger partial charge in [0.15, 0.2) is 0 Å². The van der Waals surface area contributed by atoms with Crippen LogP contribution in [0.25, 0.3) is 22.5 Å². The highest BCUT2D eigenvalue weighted by Crippen LogP contribution is 2.36. The molecule has 9 rings (SSSR count). The van der Waals surface area contributed by atoms with E-state index in [1.54, 1.807) is 4.57 Å². The van der Waals surface area contributed by atoms with Crippen molar-refractivity contribution in [3.05, 3.63) is 86.2 Å². The van der Waals surface area contributed by atoms with Crippen LogP contribution in [0.2, 0.25) is 0 Å². The van der Waals surface area contributed by atoms with Gasteiger partial charge in [-0.1, -0.05) is 31.0 Å². The Hall–Kier alpha value is -4.82. The molecule has 0 radical (unpaired) electrons. The van der Waals surface area contributed by atoms with Gasteiger partial charge >= 0.3 is 27.0 Å². The van der Waals surface area contributed by atoms with E-state index in [4.69, 9.17) is 28.4 Å². The zero-order chi connectivity index (χ0) is 41.1. The molecular formula is C40H43F3N4O11S. The Morgan fingerprint density at radius 1 is 0.729 bits per heavy atom. The van der Waals surface area contributed by atoms with E-state index in [0.717, 1.165) is 36.1 Å². The van der Waals surface area contributed by atoms with E-state index in [-0.39, 0.29) is 43.4 Å². The Kier molecular flexibility index (Phi) is 12.1. The van der Waals surface area contributed by atoms with Gasteiger partial charge < -0.3 is 32.6 Å². The summed E-state index contributed by atoms with van der Waals surface area (Å²) in [4.78, 5) is 32.9. The lowest BCUT2D eigenvalue weighted by molar-refractivity contribution is -0.102. The first-order chi connectivity index (χ1) is 28.4. The Morgan fingerprint density at radius 2 is 1.27 bits per heavy atom. The second-order valence-corrected chi connectivity index (χ2v) is 16.4. The number of benzene rings is 2. The Labute approximate surface area is 337 Å². The lowest BCUT2D eigenvalue weighted by Crippen LogP contribution is -2.34. The molecule has 2 atom stereocenters. The fourth-order valence-corrected chi connectivity index (χ4v) is 7.82. The molecule has 5 aliphatic rings. The molecule has 0 amide bonds. The molecule has 4 aliphatic heterocycles. The van der Waals surface area contributed by atoms with Gasteiger partial charge in [0.25, 0.3) is 0 Å². The Morgan fingerprint density at radius 3 is 1.78 bits per heavy atom. The lowest BCUT2D eigenvalue weighted by atomic mass is 9.94. The molecule has 2 aromatic carbocycles. The fourth-order valence-electron chi connectivity index (χ4n) is 7.37. The van der Waals surface area contributed by atoms with Crippen LogP contribution in [0.4, 0.5) is 13.2 Å². The third-order valence-electron chi connectivity index (χ3n) is 10.6. The Balaban J connectivity index is 0.000000165. The number of aryl methyl sites for hydroxylation is 3.